The molecule has 0 saturated heterocycles. The van der Waals surface area contributed by atoms with E-state index in [1.54, 1.807) is 14.0 Å². The van der Waals surface area contributed by atoms with Gasteiger partial charge in [0.15, 0.2) is 6.29 Å². The van der Waals surface area contributed by atoms with Crippen LogP contribution in [0.25, 0.3) is 0 Å². The van der Waals surface area contributed by atoms with Gasteiger partial charge in [-0.3, -0.25) is 14.2 Å². The number of rotatable bonds is 3. The Morgan fingerprint density at radius 2 is 2.06 bits per heavy atom. The van der Waals surface area contributed by atoms with Gasteiger partial charge in [-0.2, -0.15) is 5.26 Å². The van der Waals surface area contributed by atoms with Gasteiger partial charge in [0.2, 0.25) is 0 Å². The lowest BCUT2D eigenvalue weighted by Crippen LogP contribution is -2.28. The summed E-state index contributed by atoms with van der Waals surface area (Å²) in [5, 5.41) is 12.0. The standard InChI is InChI=1S/C12H15N3O2/c1-7(2)14-11-10(6-16)8(3)9(5-13)12(17)15(11)4/h6-7,14H,1-4H3. The van der Waals surface area contributed by atoms with Crippen molar-refractivity contribution in [2.24, 2.45) is 7.05 Å². The second kappa shape index (κ2) is 4.83. The topological polar surface area (TPSA) is 74.9 Å². The maximum atomic E-state index is 11.9. The first kappa shape index (κ1) is 13.0. The Bertz CT molecular complexity index is 550. The third-order valence-electron chi connectivity index (χ3n) is 2.54. The van der Waals surface area contributed by atoms with Crippen molar-refractivity contribution < 1.29 is 4.79 Å². The second-order valence-corrected chi connectivity index (χ2v) is 4.16. The summed E-state index contributed by atoms with van der Waals surface area (Å²) >= 11 is 0. The van der Waals surface area contributed by atoms with Crippen LogP contribution < -0.4 is 10.9 Å². The predicted octanol–water partition coefficient (Wildman–Crippen LogP) is 1.20. The van der Waals surface area contributed by atoms with E-state index in [1.807, 2.05) is 19.9 Å². The molecule has 17 heavy (non-hydrogen) atoms. The highest BCUT2D eigenvalue weighted by atomic mass is 16.1. The van der Waals surface area contributed by atoms with Gasteiger partial charge in [-0.1, -0.05) is 0 Å². The zero-order valence-corrected chi connectivity index (χ0v) is 10.4. The summed E-state index contributed by atoms with van der Waals surface area (Å²) in [6.45, 7) is 5.42. The Hall–Kier alpha value is -2.09. The van der Waals surface area contributed by atoms with Crippen LogP contribution in [0.3, 0.4) is 0 Å². The molecule has 5 nitrogen and oxygen atoms in total. The highest BCUT2D eigenvalue weighted by molar-refractivity contribution is 5.86. The van der Waals surface area contributed by atoms with E-state index in [0.29, 0.717) is 23.2 Å². The smallest absolute Gasteiger partial charge is 0.270 e. The number of aromatic nitrogens is 1. The zero-order chi connectivity index (χ0) is 13.2. The van der Waals surface area contributed by atoms with Crippen molar-refractivity contribution in [1.29, 1.82) is 5.26 Å². The van der Waals surface area contributed by atoms with Crippen molar-refractivity contribution >= 4 is 12.1 Å². The minimum absolute atomic E-state index is 0.0175. The molecule has 0 amide bonds. The molecule has 0 atom stereocenters. The lowest BCUT2D eigenvalue weighted by molar-refractivity contribution is 0.112. The molecular weight excluding hydrogens is 218 g/mol. The highest BCUT2D eigenvalue weighted by Gasteiger charge is 2.17. The molecule has 0 aliphatic carbocycles. The van der Waals surface area contributed by atoms with Crippen molar-refractivity contribution in [2.45, 2.75) is 26.8 Å². The molecule has 0 aromatic carbocycles. The first-order chi connectivity index (χ1) is 7.93. The number of carbonyl (C=O) groups excluding carboxylic acids is 1. The van der Waals surface area contributed by atoms with Crippen LogP contribution in [0.2, 0.25) is 0 Å². The van der Waals surface area contributed by atoms with Crippen LogP contribution in [0.1, 0.15) is 35.3 Å². The van der Waals surface area contributed by atoms with E-state index in [4.69, 9.17) is 5.26 Å². The van der Waals surface area contributed by atoms with E-state index in [1.165, 1.54) is 4.57 Å². The monoisotopic (exact) mass is 233 g/mol. The van der Waals surface area contributed by atoms with Crippen molar-refractivity contribution in [3.05, 3.63) is 27.0 Å². The van der Waals surface area contributed by atoms with Crippen LogP contribution in [0.5, 0.6) is 0 Å². The Balaban J connectivity index is 3.67. The molecule has 1 rings (SSSR count). The molecule has 90 valence electrons. The van der Waals surface area contributed by atoms with Crippen molar-refractivity contribution in [1.82, 2.24) is 4.57 Å². The molecule has 1 aromatic heterocycles. The Morgan fingerprint density at radius 3 is 2.47 bits per heavy atom. The van der Waals surface area contributed by atoms with Crippen LogP contribution in [-0.2, 0) is 7.05 Å². The van der Waals surface area contributed by atoms with E-state index < -0.39 is 5.56 Å². The fourth-order valence-corrected chi connectivity index (χ4v) is 1.65. The molecule has 5 heteroatoms. The van der Waals surface area contributed by atoms with E-state index in [0.717, 1.165) is 0 Å². The number of hydrogen-bond donors (Lipinski definition) is 1. The first-order valence-corrected chi connectivity index (χ1v) is 5.29. The molecule has 1 aromatic rings. The number of hydrogen-bond acceptors (Lipinski definition) is 4. The number of nitrogens with one attached hydrogen (secondary N) is 1. The molecule has 0 radical (unpaired) electrons. The van der Waals surface area contributed by atoms with Crippen molar-refractivity contribution in [3.8, 4) is 6.07 Å². The molecule has 0 unspecified atom stereocenters. The SMILES string of the molecule is Cc1c(C=O)c(NC(C)C)n(C)c(=O)c1C#N. The molecule has 0 aliphatic rings. The largest absolute Gasteiger partial charge is 0.369 e. The van der Waals surface area contributed by atoms with Gasteiger partial charge in [0, 0.05) is 13.1 Å². The Morgan fingerprint density at radius 1 is 1.47 bits per heavy atom. The van der Waals surface area contributed by atoms with Gasteiger partial charge in [0.05, 0.1) is 5.56 Å². The fourth-order valence-electron chi connectivity index (χ4n) is 1.65. The summed E-state index contributed by atoms with van der Waals surface area (Å²) in [6, 6.07) is 1.93. The normalized spacial score (nSPS) is 10.1. The first-order valence-electron chi connectivity index (χ1n) is 5.29. The van der Waals surface area contributed by atoms with Crippen LogP contribution in [0.15, 0.2) is 4.79 Å². The fraction of sp³-hybridized carbons (Fsp3) is 0.417. The van der Waals surface area contributed by atoms with Crippen molar-refractivity contribution in [2.75, 3.05) is 5.32 Å². The van der Waals surface area contributed by atoms with Gasteiger partial charge in [-0.25, -0.2) is 0 Å². The summed E-state index contributed by atoms with van der Waals surface area (Å²) < 4.78 is 1.30. The lowest BCUT2D eigenvalue weighted by Gasteiger charge is -2.18. The van der Waals surface area contributed by atoms with Gasteiger partial charge in [0.1, 0.15) is 17.5 Å². The Kier molecular flexibility index (Phi) is 3.69. The van der Waals surface area contributed by atoms with Gasteiger partial charge in [0.25, 0.3) is 5.56 Å². The second-order valence-electron chi connectivity index (χ2n) is 4.16. The zero-order valence-electron chi connectivity index (χ0n) is 10.4. The molecule has 0 aliphatic heterocycles. The molecule has 0 spiro atoms. The van der Waals surface area contributed by atoms with Gasteiger partial charge >= 0.3 is 0 Å². The lowest BCUT2D eigenvalue weighted by atomic mass is 10.1. The van der Waals surface area contributed by atoms with E-state index >= 15 is 0 Å². The number of pyridine rings is 1. The molecule has 0 saturated carbocycles. The number of nitrogens with zero attached hydrogens (tertiary/aromatic N) is 2. The number of anilines is 1. The molecule has 0 fully saturated rings. The predicted molar refractivity (Wildman–Crippen MR) is 65.3 cm³/mol. The Labute approximate surface area is 99.7 Å². The highest BCUT2D eigenvalue weighted by Crippen LogP contribution is 2.18. The summed E-state index contributed by atoms with van der Waals surface area (Å²) in [5.74, 6) is 0.455. The average Bonchev–Trinajstić information content (AvgIpc) is 2.26. The summed E-state index contributed by atoms with van der Waals surface area (Å²) in [4.78, 5) is 23.0. The third kappa shape index (κ3) is 2.21. The van der Waals surface area contributed by atoms with Gasteiger partial charge in [-0.05, 0) is 26.3 Å². The van der Waals surface area contributed by atoms with E-state index in [-0.39, 0.29) is 11.6 Å². The molecule has 1 N–H and O–H groups in total. The maximum Gasteiger partial charge on any atom is 0.270 e. The van der Waals surface area contributed by atoms with E-state index in [9.17, 15) is 9.59 Å². The number of aldehydes is 1. The van der Waals surface area contributed by atoms with Crippen LogP contribution in [0.4, 0.5) is 5.82 Å². The maximum absolute atomic E-state index is 11.9. The number of nitriles is 1. The summed E-state index contributed by atoms with van der Waals surface area (Å²) in [6.07, 6.45) is 0.667. The average molecular weight is 233 g/mol. The van der Waals surface area contributed by atoms with Crippen LogP contribution in [-0.4, -0.2) is 16.9 Å². The molecule has 1 heterocycles. The van der Waals surface area contributed by atoms with Gasteiger partial charge < -0.3 is 5.32 Å². The quantitative estimate of drug-likeness (QED) is 0.796. The summed E-state index contributed by atoms with van der Waals surface area (Å²) in [5.41, 5.74) is 0.411. The molecular formula is C12H15N3O2. The third-order valence-corrected chi connectivity index (χ3v) is 2.54. The minimum Gasteiger partial charge on any atom is -0.369 e. The van der Waals surface area contributed by atoms with Crippen LogP contribution >= 0.6 is 0 Å². The summed E-state index contributed by atoms with van der Waals surface area (Å²) in [7, 11) is 1.54. The minimum atomic E-state index is -0.390. The van der Waals surface area contributed by atoms with Gasteiger partial charge in [-0.15, -0.1) is 0 Å². The van der Waals surface area contributed by atoms with Crippen LogP contribution in [0, 0.1) is 18.3 Å². The van der Waals surface area contributed by atoms with Crippen molar-refractivity contribution in [3.63, 3.8) is 0 Å². The molecule has 0 bridgehead atoms. The number of carbonyl (C=O) groups is 1. The van der Waals surface area contributed by atoms with E-state index in [2.05, 4.69) is 5.32 Å².